The molecule has 0 atom stereocenters. The van der Waals surface area contributed by atoms with E-state index in [2.05, 4.69) is 5.32 Å². The van der Waals surface area contributed by atoms with E-state index in [1.807, 2.05) is 0 Å². The minimum atomic E-state index is -0.892. The van der Waals surface area contributed by atoms with Gasteiger partial charge in [-0.3, -0.25) is 4.79 Å². The number of carbonyl (C=O) groups is 2. The maximum Gasteiger partial charge on any atom is 0.317 e. The number of carbonyl (C=O) groups excluding carboxylic acids is 1. The molecule has 0 unspecified atom stereocenters. The molecular weight excluding hydrogens is 275 g/mol. The Morgan fingerprint density at radius 1 is 1.29 bits per heavy atom. The summed E-state index contributed by atoms with van der Waals surface area (Å²) in [6.07, 6.45) is 0.341. The summed E-state index contributed by atoms with van der Waals surface area (Å²) < 4.78 is 12.8. The van der Waals surface area contributed by atoms with Gasteiger partial charge in [0, 0.05) is 25.6 Å². The highest BCUT2D eigenvalue weighted by molar-refractivity contribution is 5.75. The van der Waals surface area contributed by atoms with E-state index in [0.29, 0.717) is 13.0 Å². The van der Waals surface area contributed by atoms with E-state index < -0.39 is 11.5 Å². The summed E-state index contributed by atoms with van der Waals surface area (Å²) in [6, 6.07) is 5.63. The molecule has 0 aliphatic carbocycles. The van der Waals surface area contributed by atoms with Crippen LogP contribution in [0.2, 0.25) is 0 Å². The zero-order valence-electron chi connectivity index (χ0n) is 12.5. The molecule has 6 heteroatoms. The summed E-state index contributed by atoms with van der Waals surface area (Å²) in [4.78, 5) is 24.1. The third kappa shape index (κ3) is 6.25. The van der Waals surface area contributed by atoms with Crippen LogP contribution < -0.4 is 5.32 Å². The van der Waals surface area contributed by atoms with Gasteiger partial charge in [-0.15, -0.1) is 0 Å². The first-order valence-electron chi connectivity index (χ1n) is 6.69. The van der Waals surface area contributed by atoms with Crippen molar-refractivity contribution in [3.05, 3.63) is 35.6 Å². The SMILES string of the molecule is CN(Cc1ccc(F)cc1)C(=O)NC(C)(C)CCC(=O)O. The zero-order chi connectivity index (χ0) is 16.0. The van der Waals surface area contributed by atoms with Crippen molar-refractivity contribution in [1.82, 2.24) is 10.2 Å². The number of rotatable bonds is 6. The van der Waals surface area contributed by atoms with E-state index in [-0.39, 0.29) is 18.3 Å². The van der Waals surface area contributed by atoms with Crippen molar-refractivity contribution in [1.29, 1.82) is 0 Å². The number of aliphatic carboxylic acids is 1. The van der Waals surface area contributed by atoms with Crippen LogP contribution in [0.15, 0.2) is 24.3 Å². The van der Waals surface area contributed by atoms with Crippen LogP contribution in [0.1, 0.15) is 32.3 Å². The number of nitrogens with zero attached hydrogens (tertiary/aromatic N) is 1. The highest BCUT2D eigenvalue weighted by Crippen LogP contribution is 2.12. The number of carboxylic acid groups (broad SMARTS) is 1. The van der Waals surface area contributed by atoms with Crippen LogP contribution in [0.4, 0.5) is 9.18 Å². The smallest absolute Gasteiger partial charge is 0.317 e. The normalized spacial score (nSPS) is 11.0. The third-order valence-electron chi connectivity index (χ3n) is 3.09. The molecule has 21 heavy (non-hydrogen) atoms. The summed E-state index contributed by atoms with van der Waals surface area (Å²) in [7, 11) is 1.63. The molecule has 0 saturated heterocycles. The fourth-order valence-electron chi connectivity index (χ4n) is 1.80. The minimum Gasteiger partial charge on any atom is -0.481 e. The highest BCUT2D eigenvalue weighted by atomic mass is 19.1. The van der Waals surface area contributed by atoms with Gasteiger partial charge in [0.25, 0.3) is 0 Å². The number of hydrogen-bond acceptors (Lipinski definition) is 2. The molecule has 0 saturated carbocycles. The summed E-state index contributed by atoms with van der Waals surface area (Å²) in [5, 5.41) is 11.5. The van der Waals surface area contributed by atoms with Crippen molar-refractivity contribution >= 4 is 12.0 Å². The van der Waals surface area contributed by atoms with Gasteiger partial charge in [-0.05, 0) is 38.0 Å². The molecule has 0 spiro atoms. The van der Waals surface area contributed by atoms with Gasteiger partial charge in [-0.1, -0.05) is 12.1 Å². The maximum absolute atomic E-state index is 12.8. The number of hydrogen-bond donors (Lipinski definition) is 2. The molecular formula is C15H21FN2O3. The van der Waals surface area contributed by atoms with Crippen molar-refractivity contribution in [2.75, 3.05) is 7.05 Å². The first kappa shape index (κ1) is 16.9. The molecule has 2 amide bonds. The van der Waals surface area contributed by atoms with Crippen molar-refractivity contribution in [3.63, 3.8) is 0 Å². The Balaban J connectivity index is 2.53. The quantitative estimate of drug-likeness (QED) is 0.847. The second-order valence-corrected chi connectivity index (χ2v) is 5.69. The lowest BCUT2D eigenvalue weighted by Gasteiger charge is -2.29. The van der Waals surface area contributed by atoms with Gasteiger partial charge in [-0.2, -0.15) is 0 Å². The van der Waals surface area contributed by atoms with E-state index >= 15 is 0 Å². The summed E-state index contributed by atoms with van der Waals surface area (Å²) >= 11 is 0. The van der Waals surface area contributed by atoms with Crippen molar-refractivity contribution < 1.29 is 19.1 Å². The fourth-order valence-corrected chi connectivity index (χ4v) is 1.80. The fraction of sp³-hybridized carbons (Fsp3) is 0.467. The van der Waals surface area contributed by atoms with Crippen LogP contribution in [0.5, 0.6) is 0 Å². The first-order valence-corrected chi connectivity index (χ1v) is 6.69. The van der Waals surface area contributed by atoms with Gasteiger partial charge in [0.05, 0.1) is 0 Å². The molecule has 2 N–H and O–H groups in total. The zero-order valence-corrected chi connectivity index (χ0v) is 12.5. The van der Waals surface area contributed by atoms with Gasteiger partial charge < -0.3 is 15.3 Å². The minimum absolute atomic E-state index is 0.00500. The lowest BCUT2D eigenvalue weighted by molar-refractivity contribution is -0.137. The van der Waals surface area contributed by atoms with Crippen molar-refractivity contribution in [3.8, 4) is 0 Å². The summed E-state index contributed by atoms with van der Waals surface area (Å²) in [6.45, 7) is 3.90. The predicted octanol–water partition coefficient (Wildman–Crippen LogP) is 2.61. The third-order valence-corrected chi connectivity index (χ3v) is 3.09. The van der Waals surface area contributed by atoms with Crippen LogP contribution in [-0.4, -0.2) is 34.6 Å². The van der Waals surface area contributed by atoms with Gasteiger partial charge >= 0.3 is 12.0 Å². The molecule has 0 fully saturated rings. The average molecular weight is 296 g/mol. The van der Waals surface area contributed by atoms with E-state index in [1.54, 1.807) is 33.0 Å². The molecule has 116 valence electrons. The highest BCUT2D eigenvalue weighted by Gasteiger charge is 2.23. The number of halogens is 1. The van der Waals surface area contributed by atoms with Crippen molar-refractivity contribution in [2.45, 2.75) is 38.8 Å². The Bertz CT molecular complexity index is 500. The van der Waals surface area contributed by atoms with Crippen LogP contribution in [0, 0.1) is 5.82 Å². The summed E-state index contributed by atoms with van der Waals surface area (Å²) in [5.41, 5.74) is 0.212. The average Bonchev–Trinajstić information content (AvgIpc) is 2.38. The molecule has 0 bridgehead atoms. The van der Waals surface area contributed by atoms with Crippen molar-refractivity contribution in [2.24, 2.45) is 0 Å². The van der Waals surface area contributed by atoms with E-state index in [1.165, 1.54) is 17.0 Å². The largest absolute Gasteiger partial charge is 0.481 e. The number of urea groups is 1. The lowest BCUT2D eigenvalue weighted by atomic mass is 9.99. The summed E-state index contributed by atoms with van der Waals surface area (Å²) in [5.74, 6) is -1.21. The molecule has 0 aliphatic heterocycles. The first-order chi connectivity index (χ1) is 9.69. The van der Waals surface area contributed by atoms with Crippen LogP contribution in [-0.2, 0) is 11.3 Å². The van der Waals surface area contributed by atoms with Crippen LogP contribution in [0.25, 0.3) is 0 Å². The second-order valence-electron chi connectivity index (χ2n) is 5.69. The molecule has 0 aromatic heterocycles. The second kappa shape index (κ2) is 7.06. The Labute approximate surface area is 123 Å². The number of nitrogens with one attached hydrogen (secondary N) is 1. The van der Waals surface area contributed by atoms with E-state index in [9.17, 15) is 14.0 Å². The Morgan fingerprint density at radius 3 is 2.38 bits per heavy atom. The van der Waals surface area contributed by atoms with E-state index in [0.717, 1.165) is 5.56 Å². The Morgan fingerprint density at radius 2 is 1.86 bits per heavy atom. The number of amides is 2. The maximum atomic E-state index is 12.8. The molecule has 1 rings (SSSR count). The van der Waals surface area contributed by atoms with Gasteiger partial charge in [0.15, 0.2) is 0 Å². The molecule has 0 radical (unpaired) electrons. The van der Waals surface area contributed by atoms with Gasteiger partial charge in [0.2, 0.25) is 0 Å². The van der Waals surface area contributed by atoms with Crippen LogP contribution >= 0.6 is 0 Å². The number of carboxylic acids is 1. The Kier molecular flexibility index (Phi) is 5.69. The topological polar surface area (TPSA) is 69.6 Å². The molecule has 1 aromatic carbocycles. The molecule has 0 aliphatic rings. The molecule has 1 aromatic rings. The van der Waals surface area contributed by atoms with E-state index in [4.69, 9.17) is 5.11 Å². The predicted molar refractivity (Wildman–Crippen MR) is 77.3 cm³/mol. The van der Waals surface area contributed by atoms with Gasteiger partial charge in [-0.25, -0.2) is 9.18 Å². The van der Waals surface area contributed by atoms with Gasteiger partial charge in [0.1, 0.15) is 5.82 Å². The molecule has 5 nitrogen and oxygen atoms in total. The lowest BCUT2D eigenvalue weighted by Crippen LogP contribution is -2.48. The Hall–Kier alpha value is -2.11. The van der Waals surface area contributed by atoms with Crippen LogP contribution in [0.3, 0.4) is 0 Å². The standard InChI is InChI=1S/C15H21FN2O3/c1-15(2,9-8-13(19)20)17-14(21)18(3)10-11-4-6-12(16)7-5-11/h4-7H,8-10H2,1-3H3,(H,17,21)(H,19,20). The monoisotopic (exact) mass is 296 g/mol. The molecule has 0 heterocycles. The number of benzene rings is 1.